The lowest BCUT2D eigenvalue weighted by Crippen LogP contribution is -2.35. The van der Waals surface area contributed by atoms with Crippen LogP contribution in [0.25, 0.3) is 0 Å². The summed E-state index contributed by atoms with van der Waals surface area (Å²) in [7, 11) is 0. The monoisotopic (exact) mass is 275 g/mol. The second-order valence-electron chi connectivity index (χ2n) is 4.08. The summed E-state index contributed by atoms with van der Waals surface area (Å²) in [6.07, 6.45) is 1.80. The molecule has 0 saturated heterocycles. The number of hydrogen-bond donors (Lipinski definition) is 2. The van der Waals surface area contributed by atoms with Crippen LogP contribution >= 0.6 is 23.2 Å². The van der Waals surface area contributed by atoms with Crippen LogP contribution in [-0.4, -0.2) is 17.8 Å². The van der Waals surface area contributed by atoms with Gasteiger partial charge in [0.1, 0.15) is 0 Å². The second kappa shape index (κ2) is 7.22. The van der Waals surface area contributed by atoms with E-state index in [1.807, 2.05) is 19.1 Å². The molecule has 1 aromatic rings. The highest BCUT2D eigenvalue weighted by Gasteiger charge is 2.16. The van der Waals surface area contributed by atoms with Gasteiger partial charge < -0.3 is 10.4 Å². The van der Waals surface area contributed by atoms with Crippen LogP contribution in [0, 0.1) is 0 Å². The van der Waals surface area contributed by atoms with Crippen LogP contribution in [0.5, 0.6) is 0 Å². The van der Waals surface area contributed by atoms with Crippen LogP contribution < -0.4 is 5.32 Å². The van der Waals surface area contributed by atoms with Crippen molar-refractivity contribution in [3.63, 3.8) is 0 Å². The Labute approximate surface area is 113 Å². The summed E-state index contributed by atoms with van der Waals surface area (Å²) >= 11 is 12.1. The quantitative estimate of drug-likeness (QED) is 0.828. The third-order valence-corrected chi connectivity index (χ3v) is 3.46. The zero-order valence-electron chi connectivity index (χ0n) is 10.2. The topological polar surface area (TPSA) is 32.3 Å². The molecular weight excluding hydrogens is 257 g/mol. The molecule has 4 heteroatoms. The number of halogens is 2. The van der Waals surface area contributed by atoms with Gasteiger partial charge in [-0.1, -0.05) is 43.1 Å². The van der Waals surface area contributed by atoms with Crippen LogP contribution in [0.2, 0.25) is 10.0 Å². The molecule has 2 nitrogen and oxygen atoms in total. The minimum Gasteiger partial charge on any atom is -0.395 e. The van der Waals surface area contributed by atoms with E-state index in [0.717, 1.165) is 18.4 Å². The SMILES string of the molecule is CCC(N[C@@H](CC)CO)c1ccc(Cl)cc1Cl. The van der Waals surface area contributed by atoms with Gasteiger partial charge in [0.05, 0.1) is 6.61 Å². The molecule has 0 bridgehead atoms. The fraction of sp³-hybridized carbons (Fsp3) is 0.538. The first-order valence-electron chi connectivity index (χ1n) is 5.94. The largest absolute Gasteiger partial charge is 0.395 e. The average molecular weight is 276 g/mol. The molecule has 0 heterocycles. The van der Waals surface area contributed by atoms with Crippen molar-refractivity contribution >= 4 is 23.2 Å². The predicted molar refractivity (Wildman–Crippen MR) is 73.8 cm³/mol. The first-order chi connectivity index (χ1) is 8.12. The molecule has 1 aromatic carbocycles. The van der Waals surface area contributed by atoms with Crippen molar-refractivity contribution in [1.29, 1.82) is 0 Å². The lowest BCUT2D eigenvalue weighted by Gasteiger charge is -2.24. The van der Waals surface area contributed by atoms with Gasteiger partial charge in [-0.25, -0.2) is 0 Å². The Hall–Kier alpha value is -0.280. The highest BCUT2D eigenvalue weighted by atomic mass is 35.5. The maximum atomic E-state index is 9.21. The van der Waals surface area contributed by atoms with E-state index in [-0.39, 0.29) is 18.7 Å². The summed E-state index contributed by atoms with van der Waals surface area (Å²) in [5.74, 6) is 0. The molecule has 0 aliphatic rings. The first kappa shape index (κ1) is 14.8. The molecule has 0 radical (unpaired) electrons. The number of hydrogen-bond acceptors (Lipinski definition) is 2. The zero-order valence-corrected chi connectivity index (χ0v) is 11.7. The van der Waals surface area contributed by atoms with Crippen molar-refractivity contribution in [2.45, 2.75) is 38.8 Å². The van der Waals surface area contributed by atoms with Crippen LogP contribution in [0.15, 0.2) is 18.2 Å². The number of aliphatic hydroxyl groups excluding tert-OH is 1. The van der Waals surface area contributed by atoms with Gasteiger partial charge in [-0.2, -0.15) is 0 Å². The van der Waals surface area contributed by atoms with Gasteiger partial charge in [0.2, 0.25) is 0 Å². The fourth-order valence-electron chi connectivity index (χ4n) is 1.80. The molecule has 1 rings (SSSR count). The first-order valence-corrected chi connectivity index (χ1v) is 6.69. The molecule has 1 unspecified atom stereocenters. The molecule has 0 fully saturated rings. The molecule has 0 spiro atoms. The van der Waals surface area contributed by atoms with E-state index < -0.39 is 0 Å². The van der Waals surface area contributed by atoms with Crippen molar-refractivity contribution in [3.05, 3.63) is 33.8 Å². The van der Waals surface area contributed by atoms with Gasteiger partial charge in [-0.05, 0) is 30.5 Å². The number of nitrogens with one attached hydrogen (secondary N) is 1. The predicted octanol–water partition coefficient (Wildman–Crippen LogP) is 3.81. The number of benzene rings is 1. The van der Waals surface area contributed by atoms with Gasteiger partial charge >= 0.3 is 0 Å². The second-order valence-corrected chi connectivity index (χ2v) is 4.92. The van der Waals surface area contributed by atoms with Crippen molar-refractivity contribution in [2.75, 3.05) is 6.61 Å². The molecule has 96 valence electrons. The summed E-state index contributed by atoms with van der Waals surface area (Å²) in [4.78, 5) is 0. The van der Waals surface area contributed by atoms with E-state index in [1.165, 1.54) is 0 Å². The molecule has 2 N–H and O–H groups in total. The Kier molecular flexibility index (Phi) is 6.28. The summed E-state index contributed by atoms with van der Waals surface area (Å²) in [6, 6.07) is 5.79. The molecule has 17 heavy (non-hydrogen) atoms. The lowest BCUT2D eigenvalue weighted by molar-refractivity contribution is 0.226. The van der Waals surface area contributed by atoms with Crippen molar-refractivity contribution in [2.24, 2.45) is 0 Å². The van der Waals surface area contributed by atoms with Gasteiger partial charge in [0.15, 0.2) is 0 Å². The normalized spacial score (nSPS) is 14.6. The molecular formula is C13H19Cl2NO. The Balaban J connectivity index is 2.85. The Bertz CT molecular complexity index is 353. The number of aliphatic hydroxyl groups is 1. The highest BCUT2D eigenvalue weighted by Crippen LogP contribution is 2.28. The fourth-order valence-corrected chi connectivity index (χ4v) is 2.34. The maximum absolute atomic E-state index is 9.21. The van der Waals surface area contributed by atoms with Crippen LogP contribution in [0.3, 0.4) is 0 Å². The molecule has 0 aliphatic carbocycles. The van der Waals surface area contributed by atoms with Gasteiger partial charge in [0, 0.05) is 22.1 Å². The zero-order chi connectivity index (χ0) is 12.8. The van der Waals surface area contributed by atoms with Crippen molar-refractivity contribution in [3.8, 4) is 0 Å². The summed E-state index contributed by atoms with van der Waals surface area (Å²) in [5, 5.41) is 13.9. The molecule has 0 aromatic heterocycles. The third-order valence-electron chi connectivity index (χ3n) is 2.90. The van der Waals surface area contributed by atoms with E-state index in [9.17, 15) is 5.11 Å². The minimum atomic E-state index is 0.103. The van der Waals surface area contributed by atoms with E-state index in [0.29, 0.717) is 10.0 Å². The van der Waals surface area contributed by atoms with Crippen molar-refractivity contribution < 1.29 is 5.11 Å². The standard InChI is InChI=1S/C13H19Cl2NO/c1-3-10(8-17)16-13(4-2)11-6-5-9(14)7-12(11)15/h5-7,10,13,16-17H,3-4,8H2,1-2H3/t10-,13?/m0/s1. The Morgan fingerprint density at radius 3 is 2.41 bits per heavy atom. The van der Waals surface area contributed by atoms with E-state index in [4.69, 9.17) is 23.2 Å². The van der Waals surface area contributed by atoms with Gasteiger partial charge in [-0.3, -0.25) is 0 Å². The van der Waals surface area contributed by atoms with Crippen LogP contribution in [0.1, 0.15) is 38.3 Å². The average Bonchev–Trinajstić information content (AvgIpc) is 2.32. The smallest absolute Gasteiger partial charge is 0.0584 e. The third kappa shape index (κ3) is 4.14. The molecule has 0 saturated carbocycles. The summed E-state index contributed by atoms with van der Waals surface area (Å²) in [5.41, 5.74) is 1.03. The van der Waals surface area contributed by atoms with E-state index >= 15 is 0 Å². The van der Waals surface area contributed by atoms with Crippen molar-refractivity contribution in [1.82, 2.24) is 5.32 Å². The lowest BCUT2D eigenvalue weighted by atomic mass is 10.0. The molecule has 2 atom stereocenters. The van der Waals surface area contributed by atoms with Crippen LogP contribution in [0.4, 0.5) is 0 Å². The highest BCUT2D eigenvalue weighted by molar-refractivity contribution is 6.35. The molecule has 0 aliphatic heterocycles. The van der Waals surface area contributed by atoms with Gasteiger partial charge in [-0.15, -0.1) is 0 Å². The van der Waals surface area contributed by atoms with E-state index in [1.54, 1.807) is 6.07 Å². The van der Waals surface area contributed by atoms with Crippen LogP contribution in [-0.2, 0) is 0 Å². The van der Waals surface area contributed by atoms with Gasteiger partial charge in [0.25, 0.3) is 0 Å². The summed E-state index contributed by atoms with van der Waals surface area (Å²) < 4.78 is 0. The Morgan fingerprint density at radius 2 is 1.94 bits per heavy atom. The number of rotatable bonds is 6. The summed E-state index contributed by atoms with van der Waals surface area (Å²) in [6.45, 7) is 4.27. The minimum absolute atomic E-state index is 0.103. The van der Waals surface area contributed by atoms with E-state index in [2.05, 4.69) is 12.2 Å². The maximum Gasteiger partial charge on any atom is 0.0584 e. The molecule has 0 amide bonds. The Morgan fingerprint density at radius 1 is 1.24 bits per heavy atom.